The highest BCUT2D eigenvalue weighted by Crippen LogP contribution is 2.50. The standard InChI is InChI=1S/C27H22N2O4/c30-24-21-22(25(31)28-24)27(26(32)33,20-9-5-2-6-10-20)29-23(21)19-15-13-18(14-16-19)12-11-17-7-3-1-4-8-17/h1-16,21-23,29H,(H,32,33)(H,28,30,31)/b12-11+. The minimum absolute atomic E-state index is 0.447. The molecule has 2 aliphatic rings. The van der Waals surface area contributed by atoms with E-state index < -0.39 is 41.2 Å². The van der Waals surface area contributed by atoms with Crippen LogP contribution < -0.4 is 10.6 Å². The summed E-state index contributed by atoms with van der Waals surface area (Å²) in [5.41, 5.74) is 1.56. The molecule has 6 nitrogen and oxygen atoms in total. The van der Waals surface area contributed by atoms with Crippen LogP contribution in [-0.2, 0) is 19.9 Å². The second-order valence-corrected chi connectivity index (χ2v) is 8.37. The highest BCUT2D eigenvalue weighted by molar-refractivity contribution is 6.09. The maximum atomic E-state index is 12.8. The molecule has 2 amide bonds. The smallest absolute Gasteiger partial charge is 0.329 e. The van der Waals surface area contributed by atoms with Gasteiger partial charge in [0.25, 0.3) is 0 Å². The Kier molecular flexibility index (Phi) is 5.15. The summed E-state index contributed by atoms with van der Waals surface area (Å²) < 4.78 is 0. The lowest BCUT2D eigenvalue weighted by molar-refractivity contribution is -0.149. The number of imide groups is 1. The van der Waals surface area contributed by atoms with Gasteiger partial charge in [-0.2, -0.15) is 0 Å². The van der Waals surface area contributed by atoms with Crippen LogP contribution in [0.15, 0.2) is 84.9 Å². The third kappa shape index (κ3) is 3.45. The summed E-state index contributed by atoms with van der Waals surface area (Å²) in [6, 6.07) is 25.5. The van der Waals surface area contributed by atoms with Crippen molar-refractivity contribution in [3.8, 4) is 0 Å². The Bertz CT molecular complexity index is 1240. The lowest BCUT2D eigenvalue weighted by Gasteiger charge is -2.30. The van der Waals surface area contributed by atoms with Crippen LogP contribution in [0, 0.1) is 11.8 Å². The van der Waals surface area contributed by atoms with Gasteiger partial charge in [-0.25, -0.2) is 4.79 Å². The molecule has 0 bridgehead atoms. The molecule has 0 radical (unpaired) electrons. The van der Waals surface area contributed by atoms with Crippen LogP contribution in [0.1, 0.15) is 28.3 Å². The molecule has 4 atom stereocenters. The lowest BCUT2D eigenvalue weighted by atomic mass is 9.75. The summed E-state index contributed by atoms with van der Waals surface area (Å²) in [5, 5.41) is 15.8. The molecule has 5 rings (SSSR count). The highest BCUT2D eigenvalue weighted by atomic mass is 16.4. The zero-order chi connectivity index (χ0) is 23.0. The van der Waals surface area contributed by atoms with Crippen LogP contribution in [0.4, 0.5) is 0 Å². The fourth-order valence-electron chi connectivity index (χ4n) is 4.98. The Morgan fingerprint density at radius 1 is 0.788 bits per heavy atom. The van der Waals surface area contributed by atoms with Crippen LogP contribution in [0.5, 0.6) is 0 Å². The zero-order valence-corrected chi connectivity index (χ0v) is 17.6. The number of aliphatic carboxylic acids is 1. The molecule has 3 aromatic rings. The molecule has 2 heterocycles. The van der Waals surface area contributed by atoms with E-state index in [1.54, 1.807) is 30.3 Å². The van der Waals surface area contributed by atoms with E-state index in [9.17, 15) is 19.5 Å². The van der Waals surface area contributed by atoms with Crippen molar-refractivity contribution in [3.63, 3.8) is 0 Å². The number of carbonyl (C=O) groups is 3. The van der Waals surface area contributed by atoms with E-state index in [1.165, 1.54) is 0 Å². The van der Waals surface area contributed by atoms with E-state index in [2.05, 4.69) is 10.6 Å². The van der Waals surface area contributed by atoms with E-state index in [0.717, 1.165) is 16.7 Å². The van der Waals surface area contributed by atoms with Gasteiger partial charge in [-0.3, -0.25) is 20.2 Å². The fourth-order valence-corrected chi connectivity index (χ4v) is 4.98. The Labute approximate surface area is 191 Å². The van der Waals surface area contributed by atoms with Gasteiger partial charge in [0.2, 0.25) is 11.8 Å². The minimum atomic E-state index is -1.70. The molecule has 6 heteroatoms. The van der Waals surface area contributed by atoms with Gasteiger partial charge >= 0.3 is 5.97 Å². The lowest BCUT2D eigenvalue weighted by Crippen LogP contribution is -2.52. The SMILES string of the molecule is O=C1NC(=O)C2C1C(c1ccc(/C=C/c3ccccc3)cc1)NC2(C(=O)O)c1ccccc1. The van der Waals surface area contributed by atoms with Gasteiger partial charge in [0.05, 0.1) is 11.8 Å². The molecule has 0 aromatic heterocycles. The summed E-state index contributed by atoms with van der Waals surface area (Å²) in [7, 11) is 0. The predicted molar refractivity (Wildman–Crippen MR) is 124 cm³/mol. The van der Waals surface area contributed by atoms with Gasteiger partial charge in [0.1, 0.15) is 0 Å². The van der Waals surface area contributed by atoms with Crippen LogP contribution in [0.25, 0.3) is 12.2 Å². The van der Waals surface area contributed by atoms with Crippen molar-refractivity contribution in [3.05, 3.63) is 107 Å². The number of carbonyl (C=O) groups excluding carboxylic acids is 2. The number of hydrogen-bond donors (Lipinski definition) is 3. The first-order valence-corrected chi connectivity index (χ1v) is 10.7. The molecule has 2 fully saturated rings. The molecule has 0 saturated carbocycles. The van der Waals surface area contributed by atoms with E-state index in [-0.39, 0.29) is 0 Å². The number of rotatable bonds is 5. The summed E-state index contributed by atoms with van der Waals surface area (Å²) in [6.07, 6.45) is 3.99. The van der Waals surface area contributed by atoms with Crippen molar-refractivity contribution in [2.24, 2.45) is 11.8 Å². The highest BCUT2D eigenvalue weighted by Gasteiger charge is 2.67. The van der Waals surface area contributed by atoms with Gasteiger partial charge in [-0.1, -0.05) is 97.1 Å². The quantitative estimate of drug-likeness (QED) is 0.419. The molecule has 3 aromatic carbocycles. The monoisotopic (exact) mass is 438 g/mol. The Morgan fingerprint density at radius 2 is 1.36 bits per heavy atom. The molecule has 33 heavy (non-hydrogen) atoms. The molecule has 164 valence electrons. The second kappa shape index (κ2) is 8.15. The molecule has 2 aliphatic heterocycles. The number of amides is 2. The second-order valence-electron chi connectivity index (χ2n) is 8.37. The van der Waals surface area contributed by atoms with Gasteiger partial charge < -0.3 is 5.11 Å². The molecule has 0 aliphatic carbocycles. The van der Waals surface area contributed by atoms with E-state index in [0.29, 0.717) is 5.56 Å². The largest absolute Gasteiger partial charge is 0.480 e. The third-order valence-electron chi connectivity index (χ3n) is 6.53. The van der Waals surface area contributed by atoms with Gasteiger partial charge in [0.15, 0.2) is 5.54 Å². The van der Waals surface area contributed by atoms with Crippen molar-refractivity contribution in [1.29, 1.82) is 0 Å². The first-order chi connectivity index (χ1) is 16.0. The fraction of sp³-hybridized carbons (Fsp3) is 0.148. The summed E-state index contributed by atoms with van der Waals surface area (Å²) in [6.45, 7) is 0. The van der Waals surface area contributed by atoms with Gasteiger partial charge in [0, 0.05) is 6.04 Å². The van der Waals surface area contributed by atoms with Crippen molar-refractivity contribution >= 4 is 29.9 Å². The van der Waals surface area contributed by atoms with Gasteiger partial charge in [-0.15, -0.1) is 0 Å². The van der Waals surface area contributed by atoms with E-state index >= 15 is 0 Å². The normalized spacial score (nSPS) is 26.4. The van der Waals surface area contributed by atoms with Crippen LogP contribution in [0.2, 0.25) is 0 Å². The first-order valence-electron chi connectivity index (χ1n) is 10.7. The topological polar surface area (TPSA) is 95.5 Å². The average molecular weight is 438 g/mol. The van der Waals surface area contributed by atoms with Crippen molar-refractivity contribution in [1.82, 2.24) is 10.6 Å². The molecular formula is C27H22N2O4. The Morgan fingerprint density at radius 3 is 1.97 bits per heavy atom. The van der Waals surface area contributed by atoms with Gasteiger partial charge in [-0.05, 0) is 22.3 Å². The van der Waals surface area contributed by atoms with E-state index in [4.69, 9.17) is 0 Å². The average Bonchev–Trinajstić information content (AvgIpc) is 3.36. The van der Waals surface area contributed by atoms with Crippen molar-refractivity contribution in [2.75, 3.05) is 0 Å². The summed E-state index contributed by atoms with van der Waals surface area (Å²) >= 11 is 0. The molecular weight excluding hydrogens is 416 g/mol. The molecule has 2 saturated heterocycles. The number of nitrogens with one attached hydrogen (secondary N) is 2. The van der Waals surface area contributed by atoms with Crippen molar-refractivity contribution in [2.45, 2.75) is 11.6 Å². The first kappa shape index (κ1) is 20.8. The third-order valence-corrected chi connectivity index (χ3v) is 6.53. The maximum Gasteiger partial charge on any atom is 0.329 e. The van der Waals surface area contributed by atoms with Crippen LogP contribution in [0.3, 0.4) is 0 Å². The van der Waals surface area contributed by atoms with Crippen LogP contribution in [-0.4, -0.2) is 22.9 Å². The number of carboxylic acid groups (broad SMARTS) is 1. The number of hydrogen-bond acceptors (Lipinski definition) is 4. The van der Waals surface area contributed by atoms with E-state index in [1.807, 2.05) is 66.7 Å². The number of benzene rings is 3. The summed E-state index contributed by atoms with van der Waals surface area (Å²) in [4.78, 5) is 38.1. The number of fused-ring (bicyclic) bond motifs is 1. The van der Waals surface area contributed by atoms with Crippen LogP contribution >= 0.6 is 0 Å². The Balaban J connectivity index is 1.51. The summed E-state index contributed by atoms with van der Waals surface area (Å²) in [5.74, 6) is -4.06. The molecule has 4 unspecified atom stereocenters. The van der Waals surface area contributed by atoms with Crippen molar-refractivity contribution < 1.29 is 19.5 Å². The minimum Gasteiger partial charge on any atom is -0.480 e. The molecule has 0 spiro atoms. The number of carboxylic acids is 1. The Hall–Kier alpha value is -4.03. The maximum absolute atomic E-state index is 12.8. The molecule has 3 N–H and O–H groups in total. The zero-order valence-electron chi connectivity index (χ0n) is 17.6. The predicted octanol–water partition coefficient (Wildman–Crippen LogP) is 3.37.